The van der Waals surface area contributed by atoms with E-state index in [0.29, 0.717) is 32.6 Å². The van der Waals surface area contributed by atoms with Gasteiger partial charge in [-0.05, 0) is 24.8 Å². The molecule has 2 aromatic rings. The molecule has 29 heavy (non-hydrogen) atoms. The van der Waals surface area contributed by atoms with Crippen LogP contribution in [0.15, 0.2) is 24.0 Å². The maximum absolute atomic E-state index is 12.0. The fourth-order valence-corrected chi connectivity index (χ4v) is 6.77. The number of aromatic nitrogens is 2. The molecule has 7 nitrogen and oxygen atoms in total. The third-order valence-corrected chi connectivity index (χ3v) is 8.60. The van der Waals surface area contributed by atoms with Gasteiger partial charge in [-0.1, -0.05) is 11.6 Å². The molecule has 2 aliphatic heterocycles. The molecule has 0 radical (unpaired) electrons. The number of hydrogen-bond acceptors (Lipinski definition) is 8. The number of sulfone groups is 1. The summed E-state index contributed by atoms with van der Waals surface area (Å²) in [6, 6.07) is 1.85. The molecule has 10 heteroatoms. The van der Waals surface area contributed by atoms with Gasteiger partial charge in [0.1, 0.15) is 16.2 Å². The van der Waals surface area contributed by atoms with Crippen molar-refractivity contribution in [2.45, 2.75) is 25.4 Å². The number of halogens is 1. The lowest BCUT2D eigenvalue weighted by molar-refractivity contribution is 0.122. The van der Waals surface area contributed by atoms with Crippen molar-refractivity contribution >= 4 is 38.5 Å². The zero-order valence-electron chi connectivity index (χ0n) is 16.1. The highest BCUT2D eigenvalue weighted by Crippen LogP contribution is 2.44. The molecule has 158 valence electrons. The van der Waals surface area contributed by atoms with E-state index < -0.39 is 9.84 Å². The molecule has 0 aromatic carbocycles. The summed E-state index contributed by atoms with van der Waals surface area (Å²) < 4.78 is 30.2. The molecule has 4 rings (SSSR count). The fraction of sp³-hybridized carbons (Fsp3) is 0.579. The lowest BCUT2D eigenvalue weighted by Gasteiger charge is -2.35. The van der Waals surface area contributed by atoms with Crippen LogP contribution in [0.25, 0.3) is 0 Å². The zero-order valence-corrected chi connectivity index (χ0v) is 18.5. The Kier molecular flexibility index (Phi) is 6.70. The second-order valence-corrected chi connectivity index (χ2v) is 11.2. The molecule has 0 amide bonds. The molecular formula is C19H25ClN4O3S2. The molecule has 0 saturated carbocycles. The van der Waals surface area contributed by atoms with Crippen LogP contribution in [0.4, 0.5) is 5.69 Å². The summed E-state index contributed by atoms with van der Waals surface area (Å²) in [6.07, 6.45) is 4.54. The lowest BCUT2D eigenvalue weighted by Crippen LogP contribution is -2.39. The van der Waals surface area contributed by atoms with Gasteiger partial charge in [-0.2, -0.15) is 0 Å². The van der Waals surface area contributed by atoms with Gasteiger partial charge in [0.25, 0.3) is 0 Å². The first-order valence-corrected chi connectivity index (χ1v) is 12.9. The minimum absolute atomic E-state index is 0.0305. The highest BCUT2D eigenvalue weighted by atomic mass is 35.5. The maximum atomic E-state index is 12.0. The Morgan fingerprint density at radius 3 is 2.76 bits per heavy atom. The standard InChI is InChI=1S/C19H25ClN4O3S2/c20-19-17(16(12-28-19)24-5-7-27-8-6-24)18(14-2-9-29(25,26)10-3-14)22-11-15-1-4-21-13-23-15/h1,4,12-14,18,22H,2-3,5-11H2. The zero-order chi connectivity index (χ0) is 20.3. The topological polar surface area (TPSA) is 84.4 Å². The van der Waals surface area contributed by atoms with Crippen molar-refractivity contribution in [1.29, 1.82) is 0 Å². The monoisotopic (exact) mass is 456 g/mol. The average molecular weight is 457 g/mol. The first kappa shape index (κ1) is 21.0. The van der Waals surface area contributed by atoms with Gasteiger partial charge in [0.15, 0.2) is 0 Å². The number of anilines is 1. The SMILES string of the molecule is O=S1(=O)CCC(C(NCc2ccncn2)c2c(N3CCOCC3)csc2Cl)CC1. The summed E-state index contributed by atoms with van der Waals surface area (Å²) in [5.74, 6) is 0.669. The van der Waals surface area contributed by atoms with Crippen LogP contribution in [0.1, 0.15) is 30.1 Å². The van der Waals surface area contributed by atoms with E-state index in [0.717, 1.165) is 34.4 Å². The number of ether oxygens (including phenoxy) is 1. The van der Waals surface area contributed by atoms with Gasteiger partial charge in [0, 0.05) is 42.8 Å². The number of nitrogens with one attached hydrogen (secondary N) is 1. The number of morpholine rings is 1. The Balaban J connectivity index is 1.62. The largest absolute Gasteiger partial charge is 0.378 e. The third-order valence-electron chi connectivity index (χ3n) is 5.64. The first-order chi connectivity index (χ1) is 14.0. The highest BCUT2D eigenvalue weighted by molar-refractivity contribution is 7.91. The van der Waals surface area contributed by atoms with Crippen LogP contribution in [0, 0.1) is 5.92 Å². The summed E-state index contributed by atoms with van der Waals surface area (Å²) >= 11 is 8.23. The van der Waals surface area contributed by atoms with Crippen LogP contribution >= 0.6 is 22.9 Å². The highest BCUT2D eigenvalue weighted by Gasteiger charge is 2.34. The van der Waals surface area contributed by atoms with Crippen molar-refractivity contribution < 1.29 is 13.2 Å². The Morgan fingerprint density at radius 1 is 1.31 bits per heavy atom. The molecule has 0 aliphatic carbocycles. The van der Waals surface area contributed by atoms with Crippen LogP contribution in [0.5, 0.6) is 0 Å². The predicted octanol–water partition coefficient (Wildman–Crippen LogP) is 2.68. The summed E-state index contributed by atoms with van der Waals surface area (Å²) in [4.78, 5) is 10.6. The van der Waals surface area contributed by atoms with Gasteiger partial charge in [0.2, 0.25) is 0 Å². The van der Waals surface area contributed by atoms with Crippen molar-refractivity contribution in [1.82, 2.24) is 15.3 Å². The Bertz CT molecular complexity index is 903. The molecule has 1 atom stereocenters. The summed E-state index contributed by atoms with van der Waals surface area (Å²) in [6.45, 7) is 3.64. The Labute approximate surface area is 180 Å². The van der Waals surface area contributed by atoms with Gasteiger partial charge in [-0.3, -0.25) is 0 Å². The normalized spacial score (nSPS) is 21.2. The van der Waals surface area contributed by atoms with E-state index in [9.17, 15) is 8.42 Å². The molecule has 4 heterocycles. The molecule has 2 fully saturated rings. The van der Waals surface area contributed by atoms with Gasteiger partial charge in [0.05, 0.1) is 40.4 Å². The molecule has 1 unspecified atom stereocenters. The maximum Gasteiger partial charge on any atom is 0.150 e. The Morgan fingerprint density at radius 2 is 2.07 bits per heavy atom. The van der Waals surface area contributed by atoms with Gasteiger partial charge in [-0.25, -0.2) is 18.4 Å². The van der Waals surface area contributed by atoms with Crippen LogP contribution in [0.2, 0.25) is 4.34 Å². The molecule has 2 saturated heterocycles. The molecular weight excluding hydrogens is 432 g/mol. The summed E-state index contributed by atoms with van der Waals surface area (Å²) in [7, 11) is -2.93. The summed E-state index contributed by atoms with van der Waals surface area (Å²) in [5, 5.41) is 5.75. The molecule has 2 aliphatic rings. The molecule has 1 N–H and O–H groups in total. The van der Waals surface area contributed by atoms with E-state index in [2.05, 4.69) is 25.6 Å². The molecule has 0 bridgehead atoms. The van der Waals surface area contributed by atoms with E-state index >= 15 is 0 Å². The van der Waals surface area contributed by atoms with Gasteiger partial charge in [-0.15, -0.1) is 11.3 Å². The number of hydrogen-bond donors (Lipinski definition) is 1. The van der Waals surface area contributed by atoms with E-state index in [1.807, 2.05) is 6.07 Å². The molecule has 0 spiro atoms. The fourth-order valence-electron chi connectivity index (χ4n) is 4.05. The quantitative estimate of drug-likeness (QED) is 0.715. The smallest absolute Gasteiger partial charge is 0.150 e. The van der Waals surface area contributed by atoms with Crippen molar-refractivity contribution in [2.24, 2.45) is 5.92 Å². The molecule has 2 aromatic heterocycles. The minimum atomic E-state index is -2.93. The summed E-state index contributed by atoms with van der Waals surface area (Å²) in [5.41, 5.74) is 3.11. The van der Waals surface area contributed by atoms with E-state index in [4.69, 9.17) is 16.3 Å². The Hall–Kier alpha value is -1.26. The number of rotatable bonds is 6. The predicted molar refractivity (Wildman–Crippen MR) is 115 cm³/mol. The van der Waals surface area contributed by atoms with Crippen molar-refractivity contribution in [2.75, 3.05) is 42.7 Å². The minimum Gasteiger partial charge on any atom is -0.378 e. The second kappa shape index (κ2) is 9.26. The number of thiophene rings is 1. The second-order valence-electron chi connectivity index (χ2n) is 7.46. The van der Waals surface area contributed by atoms with Gasteiger partial charge < -0.3 is 15.0 Å². The van der Waals surface area contributed by atoms with E-state index in [1.165, 1.54) is 17.7 Å². The van der Waals surface area contributed by atoms with Crippen molar-refractivity contribution in [3.8, 4) is 0 Å². The first-order valence-electron chi connectivity index (χ1n) is 9.82. The van der Waals surface area contributed by atoms with Crippen LogP contribution in [-0.2, 0) is 21.1 Å². The van der Waals surface area contributed by atoms with Crippen molar-refractivity contribution in [3.05, 3.63) is 39.6 Å². The van der Waals surface area contributed by atoms with E-state index in [-0.39, 0.29) is 23.5 Å². The van der Waals surface area contributed by atoms with Crippen LogP contribution < -0.4 is 10.2 Å². The lowest BCUT2D eigenvalue weighted by atomic mass is 9.88. The number of nitrogens with zero attached hydrogens (tertiary/aromatic N) is 3. The van der Waals surface area contributed by atoms with Crippen molar-refractivity contribution in [3.63, 3.8) is 0 Å². The van der Waals surface area contributed by atoms with E-state index in [1.54, 1.807) is 6.20 Å². The van der Waals surface area contributed by atoms with Gasteiger partial charge >= 0.3 is 0 Å². The van der Waals surface area contributed by atoms with Crippen LogP contribution in [0.3, 0.4) is 0 Å². The third kappa shape index (κ3) is 5.08. The average Bonchev–Trinajstić information content (AvgIpc) is 3.12. The van der Waals surface area contributed by atoms with Crippen LogP contribution in [-0.4, -0.2) is 56.2 Å².